The van der Waals surface area contributed by atoms with Crippen molar-refractivity contribution in [2.75, 3.05) is 0 Å². The van der Waals surface area contributed by atoms with Gasteiger partial charge in [0.1, 0.15) is 21.8 Å². The van der Waals surface area contributed by atoms with Crippen LogP contribution in [0.3, 0.4) is 0 Å². The number of H-pyrrole nitrogens is 1. The lowest BCUT2D eigenvalue weighted by molar-refractivity contribution is 0.218. The van der Waals surface area contributed by atoms with E-state index in [4.69, 9.17) is 4.42 Å². The van der Waals surface area contributed by atoms with Gasteiger partial charge in [-0.15, -0.1) is 11.3 Å². The van der Waals surface area contributed by atoms with Crippen molar-refractivity contribution in [3.8, 4) is 11.4 Å². The molecule has 154 valence electrons. The maximum absolute atomic E-state index is 13.0. The number of aromatic amines is 1. The van der Waals surface area contributed by atoms with Gasteiger partial charge in [0.2, 0.25) is 0 Å². The third-order valence-electron chi connectivity index (χ3n) is 6.09. The van der Waals surface area contributed by atoms with Crippen LogP contribution < -0.4 is 11.2 Å². The number of nitrogens with zero attached hydrogens (tertiary/aromatic N) is 1. The van der Waals surface area contributed by atoms with Gasteiger partial charge in [0.05, 0.1) is 5.39 Å². The third-order valence-corrected chi connectivity index (χ3v) is 7.73. The average molecular weight is 485 g/mol. The quantitative estimate of drug-likeness (QED) is 0.353. The second-order valence-corrected chi connectivity index (χ2v) is 11.0. The van der Waals surface area contributed by atoms with E-state index in [9.17, 15) is 9.59 Å². The first kappa shape index (κ1) is 19.7. The molecular weight excluding hydrogens is 464 g/mol. The van der Waals surface area contributed by atoms with Gasteiger partial charge in [-0.1, -0.05) is 36.7 Å². The third kappa shape index (κ3) is 3.24. The van der Waals surface area contributed by atoms with Crippen LogP contribution in [0.4, 0.5) is 0 Å². The van der Waals surface area contributed by atoms with E-state index < -0.39 is 5.63 Å². The zero-order valence-electron chi connectivity index (χ0n) is 17.0. The molecule has 4 aromatic rings. The van der Waals surface area contributed by atoms with Gasteiger partial charge >= 0.3 is 5.63 Å². The first-order chi connectivity index (χ1) is 14.2. The standard InChI is InChI=1S/C23H21BrN2O3S/c1-23(2,3)12-4-6-14-17(10-12)30-21-18(14)20(27)25-19(26-21)15-9-11-8-13(24)5-7-16(11)29-22(15)28/h5,7-9,12H,4,6,10H2,1-3H3,(H,25,26,27)/t12-/m1/s1. The molecule has 0 saturated carbocycles. The van der Waals surface area contributed by atoms with Crippen LogP contribution in [0.15, 0.2) is 42.7 Å². The minimum Gasteiger partial charge on any atom is -0.422 e. The number of thiophene rings is 1. The Morgan fingerprint density at radius 1 is 1.23 bits per heavy atom. The van der Waals surface area contributed by atoms with Crippen molar-refractivity contribution in [3.05, 3.63) is 60.0 Å². The van der Waals surface area contributed by atoms with Crippen LogP contribution >= 0.6 is 27.3 Å². The molecule has 1 aliphatic carbocycles. The van der Waals surface area contributed by atoms with Crippen LogP contribution in [0.1, 0.15) is 37.6 Å². The van der Waals surface area contributed by atoms with E-state index in [1.807, 2.05) is 12.1 Å². The molecular formula is C23H21BrN2O3S. The van der Waals surface area contributed by atoms with E-state index in [1.54, 1.807) is 23.5 Å². The molecule has 0 saturated heterocycles. The number of nitrogens with one attached hydrogen (secondary N) is 1. The van der Waals surface area contributed by atoms with E-state index in [2.05, 4.69) is 46.7 Å². The molecule has 7 heteroatoms. The lowest BCUT2D eigenvalue weighted by Gasteiger charge is -2.33. The summed E-state index contributed by atoms with van der Waals surface area (Å²) in [5.41, 5.74) is 1.42. The highest BCUT2D eigenvalue weighted by Gasteiger charge is 2.31. The molecule has 5 rings (SSSR count). The van der Waals surface area contributed by atoms with Crippen LogP contribution in [-0.2, 0) is 12.8 Å². The molecule has 0 unspecified atom stereocenters. The summed E-state index contributed by atoms with van der Waals surface area (Å²) in [6, 6.07) is 7.15. The molecule has 0 spiro atoms. The van der Waals surface area contributed by atoms with Crippen molar-refractivity contribution in [2.45, 2.75) is 40.0 Å². The first-order valence-corrected chi connectivity index (χ1v) is 11.6. The molecule has 3 aromatic heterocycles. The predicted octanol–water partition coefficient (Wildman–Crippen LogP) is 5.67. The summed E-state index contributed by atoms with van der Waals surface area (Å²) in [7, 11) is 0. The van der Waals surface area contributed by atoms with Crippen molar-refractivity contribution < 1.29 is 4.42 Å². The zero-order chi connectivity index (χ0) is 21.2. The highest BCUT2D eigenvalue weighted by atomic mass is 79.9. The molecule has 0 radical (unpaired) electrons. The van der Waals surface area contributed by atoms with E-state index in [0.29, 0.717) is 21.7 Å². The number of aromatic nitrogens is 2. The molecule has 1 atom stereocenters. The SMILES string of the molecule is CC(C)(C)[C@@H]1CCc2c(sc3nc(-c4cc5cc(Br)ccc5oc4=O)[nH]c(=O)c23)C1. The fourth-order valence-corrected chi connectivity index (χ4v) is 5.99. The van der Waals surface area contributed by atoms with Crippen molar-refractivity contribution in [2.24, 2.45) is 11.3 Å². The smallest absolute Gasteiger partial charge is 0.347 e. The van der Waals surface area contributed by atoms with Gasteiger partial charge in [-0.3, -0.25) is 4.79 Å². The normalized spacial score (nSPS) is 16.9. The number of halogens is 1. The Bertz CT molecular complexity index is 1420. The summed E-state index contributed by atoms with van der Waals surface area (Å²) < 4.78 is 6.33. The first-order valence-electron chi connectivity index (χ1n) is 9.99. The molecule has 0 bridgehead atoms. The molecule has 1 aromatic carbocycles. The summed E-state index contributed by atoms with van der Waals surface area (Å²) in [6.07, 6.45) is 2.95. The summed E-state index contributed by atoms with van der Waals surface area (Å²) in [6.45, 7) is 6.82. The van der Waals surface area contributed by atoms with Crippen molar-refractivity contribution >= 4 is 48.5 Å². The average Bonchev–Trinajstić information content (AvgIpc) is 3.05. The molecule has 0 fully saturated rings. The topological polar surface area (TPSA) is 76.0 Å². The molecule has 5 nitrogen and oxygen atoms in total. The number of hydrogen-bond acceptors (Lipinski definition) is 5. The van der Waals surface area contributed by atoms with Crippen LogP contribution in [0.25, 0.3) is 32.6 Å². The highest BCUT2D eigenvalue weighted by Crippen LogP contribution is 2.42. The Hall–Kier alpha value is -2.25. The van der Waals surface area contributed by atoms with Crippen LogP contribution in [0.5, 0.6) is 0 Å². The molecule has 1 aliphatic rings. The van der Waals surface area contributed by atoms with Crippen LogP contribution in [0, 0.1) is 11.3 Å². The van der Waals surface area contributed by atoms with Gasteiger partial charge in [-0.25, -0.2) is 9.78 Å². The monoisotopic (exact) mass is 484 g/mol. The van der Waals surface area contributed by atoms with Crippen LogP contribution in [0.2, 0.25) is 0 Å². The van der Waals surface area contributed by atoms with E-state index in [0.717, 1.165) is 34.7 Å². The van der Waals surface area contributed by atoms with Crippen molar-refractivity contribution in [1.29, 1.82) is 0 Å². The number of hydrogen-bond donors (Lipinski definition) is 1. The van der Waals surface area contributed by atoms with Gasteiger partial charge in [-0.05, 0) is 60.4 Å². The summed E-state index contributed by atoms with van der Waals surface area (Å²) in [4.78, 5) is 35.0. The van der Waals surface area contributed by atoms with Gasteiger partial charge in [0.15, 0.2) is 0 Å². The number of fused-ring (bicyclic) bond motifs is 4. The van der Waals surface area contributed by atoms with E-state index >= 15 is 0 Å². The Morgan fingerprint density at radius 2 is 2.03 bits per heavy atom. The maximum Gasteiger partial charge on any atom is 0.347 e. The Kier molecular flexibility index (Phi) is 4.52. The van der Waals surface area contributed by atoms with Gasteiger partial charge < -0.3 is 9.40 Å². The Morgan fingerprint density at radius 3 is 2.80 bits per heavy atom. The largest absolute Gasteiger partial charge is 0.422 e. The molecule has 0 aliphatic heterocycles. The van der Waals surface area contributed by atoms with E-state index in [-0.39, 0.29) is 22.4 Å². The summed E-state index contributed by atoms with van der Waals surface area (Å²) in [5.74, 6) is 0.844. The van der Waals surface area contributed by atoms with Crippen molar-refractivity contribution in [3.63, 3.8) is 0 Å². The van der Waals surface area contributed by atoms with Crippen molar-refractivity contribution in [1.82, 2.24) is 9.97 Å². The zero-order valence-corrected chi connectivity index (χ0v) is 19.4. The second kappa shape index (κ2) is 6.89. The fraction of sp³-hybridized carbons (Fsp3) is 0.348. The van der Waals surface area contributed by atoms with Gasteiger partial charge in [0.25, 0.3) is 5.56 Å². The lowest BCUT2D eigenvalue weighted by atomic mass is 9.72. The van der Waals surface area contributed by atoms with Crippen LogP contribution in [-0.4, -0.2) is 9.97 Å². The van der Waals surface area contributed by atoms with E-state index in [1.165, 1.54) is 4.88 Å². The second-order valence-electron chi connectivity index (χ2n) is 9.03. The number of benzene rings is 1. The van der Waals surface area contributed by atoms with Gasteiger partial charge in [0, 0.05) is 14.7 Å². The molecule has 0 amide bonds. The number of rotatable bonds is 1. The molecule has 30 heavy (non-hydrogen) atoms. The maximum atomic E-state index is 13.0. The fourth-order valence-electron chi connectivity index (χ4n) is 4.31. The highest BCUT2D eigenvalue weighted by molar-refractivity contribution is 9.10. The predicted molar refractivity (Wildman–Crippen MR) is 124 cm³/mol. The Labute approximate surface area is 185 Å². The Balaban J connectivity index is 1.66. The molecule has 3 heterocycles. The summed E-state index contributed by atoms with van der Waals surface area (Å²) in [5, 5.41) is 1.44. The summed E-state index contributed by atoms with van der Waals surface area (Å²) >= 11 is 5.02. The minimum atomic E-state index is -0.513. The molecule has 1 N–H and O–H groups in total. The minimum absolute atomic E-state index is 0.185. The number of aryl methyl sites for hydroxylation is 1. The van der Waals surface area contributed by atoms with Gasteiger partial charge in [-0.2, -0.15) is 0 Å². The lowest BCUT2D eigenvalue weighted by Crippen LogP contribution is -2.26.